The average Bonchev–Trinajstić information content (AvgIpc) is 3.01. The van der Waals surface area contributed by atoms with Crippen molar-refractivity contribution in [1.82, 2.24) is 4.72 Å². The number of amides is 1. The molecule has 1 amide bonds. The van der Waals surface area contributed by atoms with Crippen LogP contribution in [0.3, 0.4) is 0 Å². The van der Waals surface area contributed by atoms with Crippen LogP contribution in [0.15, 0.2) is 29.2 Å². The Bertz CT molecular complexity index is 969. The van der Waals surface area contributed by atoms with Gasteiger partial charge in [-0.2, -0.15) is 0 Å². The van der Waals surface area contributed by atoms with Crippen LogP contribution in [0.2, 0.25) is 0 Å². The average molecular weight is 349 g/mol. The van der Waals surface area contributed by atoms with Crippen LogP contribution in [-0.4, -0.2) is 25.8 Å². The van der Waals surface area contributed by atoms with Gasteiger partial charge in [-0.15, -0.1) is 0 Å². The summed E-state index contributed by atoms with van der Waals surface area (Å²) in [6.07, 6.45) is 0.731. The Morgan fingerprint density at radius 2 is 2.08 bits per heavy atom. The number of carbonyl (C=O) groups excluding carboxylic acids is 1. The summed E-state index contributed by atoms with van der Waals surface area (Å²) in [5.41, 5.74) is 1.46. The van der Waals surface area contributed by atoms with Crippen molar-refractivity contribution in [2.75, 3.05) is 11.9 Å². The maximum Gasteiger partial charge on any atom is 0.279 e. The topological polar surface area (TPSA) is 118 Å². The van der Waals surface area contributed by atoms with Crippen molar-refractivity contribution >= 4 is 38.1 Å². The van der Waals surface area contributed by atoms with Gasteiger partial charge in [0.1, 0.15) is 0 Å². The van der Waals surface area contributed by atoms with Crippen molar-refractivity contribution in [1.29, 1.82) is 0 Å². The van der Waals surface area contributed by atoms with E-state index in [4.69, 9.17) is 0 Å². The van der Waals surface area contributed by atoms with Gasteiger partial charge in [0.15, 0.2) is 0 Å². The van der Waals surface area contributed by atoms with E-state index in [1.54, 1.807) is 6.07 Å². The smallest absolute Gasteiger partial charge is 0.279 e. The fourth-order valence-corrected chi connectivity index (χ4v) is 3.88. The van der Waals surface area contributed by atoms with Crippen LogP contribution >= 0.6 is 0 Å². The number of sulfonamides is 1. The van der Waals surface area contributed by atoms with Crippen molar-refractivity contribution in [2.45, 2.75) is 24.7 Å². The molecule has 0 bridgehead atoms. The monoisotopic (exact) mass is 349 g/mol. The molecule has 0 saturated carbocycles. The summed E-state index contributed by atoms with van der Waals surface area (Å²) in [6, 6.07) is 5.58. The van der Waals surface area contributed by atoms with Gasteiger partial charge in [-0.05, 0) is 29.5 Å². The van der Waals surface area contributed by atoms with Crippen LogP contribution in [0.4, 0.5) is 11.4 Å². The number of nitro groups is 1. The Labute approximate surface area is 138 Å². The predicted molar refractivity (Wildman–Crippen MR) is 88.4 cm³/mol. The molecule has 2 N–H and O–H groups in total. The first-order valence-corrected chi connectivity index (χ1v) is 8.85. The SMILES string of the molecule is CCC(=O)NS(=O)(=O)c1ccc2c3c(cc([N+](=O)[O-])c2c1)NCC3. The molecule has 0 unspecified atom stereocenters. The number of rotatable bonds is 4. The largest absolute Gasteiger partial charge is 0.384 e. The zero-order valence-electron chi connectivity index (χ0n) is 12.8. The molecule has 1 heterocycles. The molecule has 0 aliphatic carbocycles. The minimum atomic E-state index is -4.06. The fourth-order valence-electron chi connectivity index (χ4n) is 2.79. The fraction of sp³-hybridized carbons (Fsp3) is 0.267. The number of anilines is 1. The number of fused-ring (bicyclic) bond motifs is 3. The van der Waals surface area contributed by atoms with Crippen LogP contribution in [0.5, 0.6) is 0 Å². The third-order valence-corrected chi connectivity index (χ3v) is 5.34. The molecule has 3 rings (SSSR count). The lowest BCUT2D eigenvalue weighted by molar-refractivity contribution is -0.383. The molecule has 8 nitrogen and oxygen atoms in total. The van der Waals surface area contributed by atoms with Gasteiger partial charge in [-0.3, -0.25) is 14.9 Å². The summed E-state index contributed by atoms with van der Waals surface area (Å²) in [4.78, 5) is 22.0. The third-order valence-electron chi connectivity index (χ3n) is 3.97. The molecule has 9 heteroatoms. The van der Waals surface area contributed by atoms with E-state index in [1.165, 1.54) is 25.1 Å². The zero-order valence-corrected chi connectivity index (χ0v) is 13.6. The molecular weight excluding hydrogens is 334 g/mol. The number of hydrogen-bond acceptors (Lipinski definition) is 6. The van der Waals surface area contributed by atoms with Crippen molar-refractivity contribution in [3.05, 3.63) is 39.9 Å². The third kappa shape index (κ3) is 2.67. The summed E-state index contributed by atoms with van der Waals surface area (Å²) in [5, 5.41) is 15.3. The van der Waals surface area contributed by atoms with Crippen LogP contribution < -0.4 is 10.0 Å². The van der Waals surface area contributed by atoms with Gasteiger partial charge in [0.2, 0.25) is 5.91 Å². The Balaban J connectivity index is 2.21. The maximum absolute atomic E-state index is 12.2. The molecule has 126 valence electrons. The van der Waals surface area contributed by atoms with Gasteiger partial charge in [-0.1, -0.05) is 13.0 Å². The van der Waals surface area contributed by atoms with E-state index in [0.29, 0.717) is 24.0 Å². The number of carbonyl (C=O) groups is 1. The Kier molecular flexibility index (Phi) is 3.88. The van der Waals surface area contributed by atoms with E-state index in [-0.39, 0.29) is 22.4 Å². The van der Waals surface area contributed by atoms with Gasteiger partial charge in [0.05, 0.1) is 15.2 Å². The standard InChI is InChI=1S/C15H15N3O5S/c1-2-15(19)17-24(22,23)9-3-4-10-11-5-6-16-13(11)8-14(18(20)21)12(10)7-9/h3-4,7-8,16H,2,5-6H2,1H3,(H,17,19). The van der Waals surface area contributed by atoms with Crippen LogP contribution in [0, 0.1) is 10.1 Å². The predicted octanol–water partition coefficient (Wildman–Crippen LogP) is 1.93. The zero-order chi connectivity index (χ0) is 17.5. The quantitative estimate of drug-likeness (QED) is 0.643. The number of hydrogen-bond donors (Lipinski definition) is 2. The van der Waals surface area contributed by atoms with Gasteiger partial charge in [0, 0.05) is 24.7 Å². The molecule has 2 aromatic rings. The first kappa shape index (κ1) is 16.2. The Morgan fingerprint density at radius 3 is 2.75 bits per heavy atom. The Morgan fingerprint density at radius 1 is 1.33 bits per heavy atom. The van der Waals surface area contributed by atoms with Crippen LogP contribution in [-0.2, 0) is 21.2 Å². The Hall–Kier alpha value is -2.68. The van der Waals surface area contributed by atoms with Crippen LogP contribution in [0.1, 0.15) is 18.9 Å². The normalized spacial score (nSPS) is 13.4. The molecule has 0 spiro atoms. The van der Waals surface area contributed by atoms with E-state index in [0.717, 1.165) is 5.56 Å². The summed E-state index contributed by atoms with van der Waals surface area (Å²) in [7, 11) is -4.06. The highest BCUT2D eigenvalue weighted by Gasteiger charge is 2.24. The lowest BCUT2D eigenvalue weighted by Crippen LogP contribution is -2.29. The summed E-state index contributed by atoms with van der Waals surface area (Å²) in [6.45, 7) is 2.21. The molecule has 0 saturated heterocycles. The molecule has 0 aromatic heterocycles. The summed E-state index contributed by atoms with van der Waals surface area (Å²) in [5.74, 6) is -0.636. The molecule has 0 atom stereocenters. The first-order valence-electron chi connectivity index (χ1n) is 7.37. The summed E-state index contributed by atoms with van der Waals surface area (Å²) >= 11 is 0. The molecule has 24 heavy (non-hydrogen) atoms. The molecule has 0 fully saturated rings. The van der Waals surface area contributed by atoms with E-state index in [1.807, 2.05) is 4.72 Å². The minimum Gasteiger partial charge on any atom is -0.384 e. The van der Waals surface area contributed by atoms with Crippen molar-refractivity contribution in [3.63, 3.8) is 0 Å². The number of non-ortho nitro benzene ring substituents is 1. The summed E-state index contributed by atoms with van der Waals surface area (Å²) < 4.78 is 26.4. The number of nitrogens with zero attached hydrogens (tertiary/aromatic N) is 1. The van der Waals surface area contributed by atoms with Crippen molar-refractivity contribution < 1.29 is 18.1 Å². The van der Waals surface area contributed by atoms with Gasteiger partial charge >= 0.3 is 0 Å². The molecule has 2 aromatic carbocycles. The number of benzene rings is 2. The second-order valence-corrected chi connectivity index (χ2v) is 7.13. The lowest BCUT2D eigenvalue weighted by atomic mass is 10.0. The molecule has 0 radical (unpaired) electrons. The second kappa shape index (κ2) is 5.75. The van der Waals surface area contributed by atoms with Gasteiger partial charge < -0.3 is 5.32 Å². The van der Waals surface area contributed by atoms with Gasteiger partial charge in [0.25, 0.3) is 15.7 Å². The number of nitrogens with one attached hydrogen (secondary N) is 2. The number of nitro benzene ring substituents is 1. The lowest BCUT2D eigenvalue weighted by Gasteiger charge is -2.10. The van der Waals surface area contributed by atoms with Crippen molar-refractivity contribution in [2.24, 2.45) is 0 Å². The van der Waals surface area contributed by atoms with Crippen molar-refractivity contribution in [3.8, 4) is 0 Å². The maximum atomic E-state index is 12.2. The molecule has 1 aliphatic rings. The highest BCUT2D eigenvalue weighted by molar-refractivity contribution is 7.90. The van der Waals surface area contributed by atoms with E-state index < -0.39 is 20.9 Å². The van der Waals surface area contributed by atoms with E-state index in [9.17, 15) is 23.3 Å². The molecule has 1 aliphatic heterocycles. The second-order valence-electron chi connectivity index (χ2n) is 5.45. The first-order chi connectivity index (χ1) is 11.3. The molecular formula is C15H15N3O5S. The van der Waals surface area contributed by atoms with Crippen LogP contribution in [0.25, 0.3) is 10.8 Å². The highest BCUT2D eigenvalue weighted by atomic mass is 32.2. The minimum absolute atomic E-state index is 0.0200. The highest BCUT2D eigenvalue weighted by Crippen LogP contribution is 2.38. The van der Waals surface area contributed by atoms with E-state index in [2.05, 4.69) is 5.32 Å². The van der Waals surface area contributed by atoms with Gasteiger partial charge in [-0.25, -0.2) is 13.1 Å². The van der Waals surface area contributed by atoms with E-state index >= 15 is 0 Å².